The van der Waals surface area contributed by atoms with Crippen LogP contribution in [0.2, 0.25) is 0 Å². The number of anilines is 2. The van der Waals surface area contributed by atoms with Crippen molar-refractivity contribution in [3.8, 4) is 6.07 Å². The molecule has 0 radical (unpaired) electrons. The minimum Gasteiger partial charge on any atom is -0.353 e. The van der Waals surface area contributed by atoms with Gasteiger partial charge in [0.2, 0.25) is 0 Å². The van der Waals surface area contributed by atoms with E-state index in [1.165, 1.54) is 0 Å². The quantitative estimate of drug-likeness (QED) is 0.765. The Hall–Kier alpha value is -2.93. The van der Waals surface area contributed by atoms with Crippen LogP contribution in [0.1, 0.15) is 11.1 Å². The number of hydrogen-bond acceptors (Lipinski definition) is 4. The summed E-state index contributed by atoms with van der Waals surface area (Å²) in [5.41, 5.74) is 4.06. The number of pyridine rings is 2. The molecule has 0 spiro atoms. The van der Waals surface area contributed by atoms with Crippen molar-refractivity contribution in [3.05, 3.63) is 60.0 Å². The second kappa shape index (κ2) is 4.98. The van der Waals surface area contributed by atoms with Crippen LogP contribution in [0.15, 0.2) is 48.9 Å². The van der Waals surface area contributed by atoms with Crippen molar-refractivity contribution in [2.24, 2.45) is 0 Å². The molecule has 0 saturated carbocycles. The minimum absolute atomic E-state index is 0.519. The number of aromatic nitrogens is 2. The van der Waals surface area contributed by atoms with E-state index in [0.29, 0.717) is 5.56 Å². The topological polar surface area (TPSA) is 61.6 Å². The van der Waals surface area contributed by atoms with Gasteiger partial charge in [-0.25, -0.2) is 0 Å². The van der Waals surface area contributed by atoms with Crippen LogP contribution in [0.3, 0.4) is 0 Å². The molecule has 1 N–H and O–H groups in total. The highest BCUT2D eigenvalue weighted by Gasteiger charge is 2.08. The van der Waals surface area contributed by atoms with E-state index < -0.39 is 0 Å². The van der Waals surface area contributed by atoms with Gasteiger partial charge < -0.3 is 5.32 Å². The fraction of sp³-hybridized carbons (Fsp3) is 0.0625. The summed E-state index contributed by atoms with van der Waals surface area (Å²) >= 11 is 0. The van der Waals surface area contributed by atoms with Crippen LogP contribution < -0.4 is 5.32 Å². The Labute approximate surface area is 116 Å². The highest BCUT2D eigenvalue weighted by atomic mass is 14.9. The molecule has 20 heavy (non-hydrogen) atoms. The van der Waals surface area contributed by atoms with E-state index in [1.54, 1.807) is 18.6 Å². The van der Waals surface area contributed by atoms with E-state index in [1.807, 2.05) is 37.3 Å². The van der Waals surface area contributed by atoms with Crippen molar-refractivity contribution in [1.82, 2.24) is 9.97 Å². The van der Waals surface area contributed by atoms with Gasteiger partial charge in [0.1, 0.15) is 6.07 Å². The van der Waals surface area contributed by atoms with E-state index in [4.69, 9.17) is 0 Å². The van der Waals surface area contributed by atoms with Crippen molar-refractivity contribution in [2.45, 2.75) is 6.92 Å². The monoisotopic (exact) mass is 260 g/mol. The van der Waals surface area contributed by atoms with Gasteiger partial charge in [0.25, 0.3) is 0 Å². The SMILES string of the molecule is Cc1cncc(Nc2c(C#N)cnc3ccccc23)c1. The van der Waals surface area contributed by atoms with Crippen molar-refractivity contribution >= 4 is 22.3 Å². The van der Waals surface area contributed by atoms with Crippen molar-refractivity contribution in [1.29, 1.82) is 5.26 Å². The standard InChI is InChI=1S/C16H12N4/c1-11-6-13(10-18-8-11)20-16-12(7-17)9-19-15-5-3-2-4-14(15)16/h2-6,8-10H,1H3,(H,19,20). The summed E-state index contributed by atoms with van der Waals surface area (Å²) in [7, 11) is 0. The molecule has 0 aliphatic heterocycles. The molecule has 0 fully saturated rings. The van der Waals surface area contributed by atoms with Gasteiger partial charge in [0.05, 0.1) is 28.7 Å². The van der Waals surface area contributed by atoms with E-state index in [0.717, 1.165) is 27.8 Å². The number of nitrogens with zero attached hydrogens (tertiary/aromatic N) is 3. The Kier molecular flexibility index (Phi) is 3.02. The Balaban J connectivity index is 2.17. The maximum Gasteiger partial charge on any atom is 0.103 e. The maximum absolute atomic E-state index is 9.26. The molecule has 3 rings (SSSR count). The summed E-state index contributed by atoms with van der Waals surface area (Å²) in [6, 6.07) is 11.9. The molecule has 1 aromatic carbocycles. The average molecular weight is 260 g/mol. The van der Waals surface area contributed by atoms with Crippen molar-refractivity contribution < 1.29 is 0 Å². The number of hydrogen-bond donors (Lipinski definition) is 1. The fourth-order valence-electron chi connectivity index (χ4n) is 2.13. The molecule has 96 valence electrons. The van der Waals surface area contributed by atoms with Crippen molar-refractivity contribution in [2.75, 3.05) is 5.32 Å². The van der Waals surface area contributed by atoms with Gasteiger partial charge >= 0.3 is 0 Å². The second-order valence-electron chi connectivity index (χ2n) is 4.55. The van der Waals surface area contributed by atoms with Crippen LogP contribution >= 0.6 is 0 Å². The highest BCUT2D eigenvalue weighted by molar-refractivity contribution is 5.95. The molecule has 2 aromatic heterocycles. The zero-order chi connectivity index (χ0) is 13.9. The number of nitriles is 1. The van der Waals surface area contributed by atoms with Gasteiger partial charge in [-0.15, -0.1) is 0 Å². The first-order valence-corrected chi connectivity index (χ1v) is 6.24. The Morgan fingerprint density at radius 2 is 2.00 bits per heavy atom. The van der Waals surface area contributed by atoms with Crippen LogP contribution in [0.4, 0.5) is 11.4 Å². The van der Waals surface area contributed by atoms with Crippen LogP contribution in [-0.2, 0) is 0 Å². The van der Waals surface area contributed by atoms with E-state index in [2.05, 4.69) is 21.4 Å². The predicted octanol–water partition coefficient (Wildman–Crippen LogP) is 3.55. The van der Waals surface area contributed by atoms with Gasteiger partial charge in [-0.05, 0) is 24.6 Å². The third-order valence-corrected chi connectivity index (χ3v) is 3.04. The van der Waals surface area contributed by atoms with E-state index in [-0.39, 0.29) is 0 Å². The largest absolute Gasteiger partial charge is 0.353 e. The van der Waals surface area contributed by atoms with Crippen LogP contribution in [0.25, 0.3) is 10.9 Å². The van der Waals surface area contributed by atoms with Crippen LogP contribution in [-0.4, -0.2) is 9.97 Å². The van der Waals surface area contributed by atoms with Gasteiger partial charge in [0, 0.05) is 17.8 Å². The number of fused-ring (bicyclic) bond motifs is 1. The summed E-state index contributed by atoms with van der Waals surface area (Å²) < 4.78 is 0. The molecule has 0 saturated heterocycles. The molecule has 2 heterocycles. The highest BCUT2D eigenvalue weighted by Crippen LogP contribution is 2.28. The number of para-hydroxylation sites is 1. The van der Waals surface area contributed by atoms with Crippen molar-refractivity contribution in [3.63, 3.8) is 0 Å². The molecular weight excluding hydrogens is 248 g/mol. The lowest BCUT2D eigenvalue weighted by Crippen LogP contribution is -1.97. The zero-order valence-electron chi connectivity index (χ0n) is 11.0. The number of benzene rings is 1. The number of nitrogens with one attached hydrogen (secondary N) is 1. The molecule has 0 atom stereocenters. The summed E-state index contributed by atoms with van der Waals surface area (Å²) in [5, 5.41) is 13.5. The molecule has 3 aromatic rings. The van der Waals surface area contributed by atoms with Gasteiger partial charge in [-0.2, -0.15) is 5.26 Å². The molecule has 0 aliphatic rings. The molecular formula is C16H12N4. The molecule has 4 heteroatoms. The minimum atomic E-state index is 0.519. The first kappa shape index (κ1) is 12.1. The number of aryl methyl sites for hydroxylation is 1. The third kappa shape index (κ3) is 2.17. The second-order valence-corrected chi connectivity index (χ2v) is 4.55. The Morgan fingerprint density at radius 1 is 1.15 bits per heavy atom. The first-order chi connectivity index (χ1) is 9.78. The lowest BCUT2D eigenvalue weighted by Gasteiger charge is -2.11. The average Bonchev–Trinajstić information content (AvgIpc) is 2.48. The lowest BCUT2D eigenvalue weighted by molar-refractivity contribution is 1.26. The Morgan fingerprint density at radius 3 is 2.80 bits per heavy atom. The normalized spacial score (nSPS) is 10.2. The maximum atomic E-state index is 9.26. The lowest BCUT2D eigenvalue weighted by atomic mass is 10.1. The summed E-state index contributed by atoms with van der Waals surface area (Å²) in [5.74, 6) is 0. The molecule has 0 aliphatic carbocycles. The summed E-state index contributed by atoms with van der Waals surface area (Å²) in [6.07, 6.45) is 5.12. The van der Waals surface area contributed by atoms with Gasteiger partial charge in [0.15, 0.2) is 0 Å². The summed E-state index contributed by atoms with van der Waals surface area (Å²) in [6.45, 7) is 1.98. The van der Waals surface area contributed by atoms with E-state index in [9.17, 15) is 5.26 Å². The van der Waals surface area contributed by atoms with Crippen LogP contribution in [0.5, 0.6) is 0 Å². The zero-order valence-corrected chi connectivity index (χ0v) is 11.0. The molecule has 0 unspecified atom stereocenters. The Bertz CT molecular complexity index is 818. The first-order valence-electron chi connectivity index (χ1n) is 6.24. The van der Waals surface area contributed by atoms with E-state index >= 15 is 0 Å². The van der Waals surface area contributed by atoms with Gasteiger partial charge in [-0.3, -0.25) is 9.97 Å². The molecule has 4 nitrogen and oxygen atoms in total. The van der Waals surface area contributed by atoms with Gasteiger partial charge in [-0.1, -0.05) is 18.2 Å². The fourth-order valence-corrected chi connectivity index (χ4v) is 2.13. The molecule has 0 amide bonds. The predicted molar refractivity (Wildman–Crippen MR) is 78.7 cm³/mol. The number of rotatable bonds is 2. The summed E-state index contributed by atoms with van der Waals surface area (Å²) in [4.78, 5) is 8.45. The molecule has 0 bridgehead atoms. The van der Waals surface area contributed by atoms with Crippen LogP contribution in [0, 0.1) is 18.3 Å². The third-order valence-electron chi connectivity index (χ3n) is 3.04. The smallest absolute Gasteiger partial charge is 0.103 e.